The van der Waals surface area contributed by atoms with Crippen LogP contribution in [0, 0.1) is 17.7 Å². The second-order valence-electron chi connectivity index (χ2n) is 6.26. The summed E-state index contributed by atoms with van der Waals surface area (Å²) in [5.41, 5.74) is 7.21. The molecule has 2 nitrogen and oxygen atoms in total. The first kappa shape index (κ1) is 13.1. The molecule has 2 N–H and O–H groups in total. The minimum Gasteiger partial charge on any atom is -0.326 e. The summed E-state index contributed by atoms with van der Waals surface area (Å²) in [6, 6.07) is 7.12. The monoisotopic (exact) mass is 262 g/mol. The zero-order valence-corrected chi connectivity index (χ0v) is 11.6. The van der Waals surface area contributed by atoms with Gasteiger partial charge in [0.2, 0.25) is 0 Å². The highest BCUT2D eigenvalue weighted by molar-refractivity contribution is 5.22. The van der Waals surface area contributed by atoms with Crippen molar-refractivity contribution in [1.29, 1.82) is 0 Å². The van der Waals surface area contributed by atoms with Crippen molar-refractivity contribution >= 4 is 0 Å². The van der Waals surface area contributed by atoms with Crippen LogP contribution in [-0.2, 0) is 0 Å². The van der Waals surface area contributed by atoms with Crippen molar-refractivity contribution in [3.05, 3.63) is 35.6 Å². The van der Waals surface area contributed by atoms with Gasteiger partial charge in [-0.25, -0.2) is 4.39 Å². The van der Waals surface area contributed by atoms with Crippen molar-refractivity contribution in [1.82, 2.24) is 4.90 Å². The lowest BCUT2D eigenvalue weighted by Crippen LogP contribution is -2.38. The van der Waals surface area contributed by atoms with Gasteiger partial charge in [0.15, 0.2) is 0 Å². The number of likely N-dealkylation sites (tertiary alicyclic amines) is 1. The third kappa shape index (κ3) is 2.54. The summed E-state index contributed by atoms with van der Waals surface area (Å²) in [5.74, 6) is 1.52. The number of rotatable bonds is 3. The Labute approximate surface area is 114 Å². The first-order chi connectivity index (χ1) is 9.15. The highest BCUT2D eigenvalue weighted by Gasteiger charge is 2.39. The fourth-order valence-electron chi connectivity index (χ4n) is 4.04. The maximum atomic E-state index is 13.4. The Morgan fingerprint density at radius 3 is 2.53 bits per heavy atom. The van der Waals surface area contributed by atoms with Crippen LogP contribution in [0.2, 0.25) is 0 Å². The van der Waals surface area contributed by atoms with E-state index in [9.17, 15) is 4.39 Å². The molecule has 2 aliphatic rings. The van der Waals surface area contributed by atoms with Crippen molar-refractivity contribution in [2.24, 2.45) is 17.6 Å². The molecule has 0 spiro atoms. The van der Waals surface area contributed by atoms with Crippen molar-refractivity contribution in [2.45, 2.75) is 38.3 Å². The van der Waals surface area contributed by atoms with Crippen LogP contribution in [0.4, 0.5) is 4.39 Å². The third-order valence-corrected chi connectivity index (χ3v) is 4.84. The van der Waals surface area contributed by atoms with E-state index in [1.807, 2.05) is 13.0 Å². The molecule has 4 atom stereocenters. The predicted molar refractivity (Wildman–Crippen MR) is 75.2 cm³/mol. The first-order valence-corrected chi connectivity index (χ1v) is 7.40. The van der Waals surface area contributed by atoms with Gasteiger partial charge in [0, 0.05) is 25.2 Å². The van der Waals surface area contributed by atoms with E-state index in [0.717, 1.165) is 30.5 Å². The summed E-state index contributed by atoms with van der Waals surface area (Å²) >= 11 is 0. The normalized spacial score (nSPS) is 30.3. The lowest BCUT2D eigenvalue weighted by atomic mass is 9.99. The molecule has 2 fully saturated rings. The van der Waals surface area contributed by atoms with Gasteiger partial charge < -0.3 is 5.73 Å². The van der Waals surface area contributed by atoms with E-state index in [2.05, 4.69) is 4.90 Å². The molecule has 1 aliphatic carbocycles. The third-order valence-electron chi connectivity index (χ3n) is 4.84. The van der Waals surface area contributed by atoms with Crippen LogP contribution in [0.5, 0.6) is 0 Å². The largest absolute Gasteiger partial charge is 0.326 e. The van der Waals surface area contributed by atoms with E-state index in [-0.39, 0.29) is 17.9 Å². The van der Waals surface area contributed by atoms with Crippen LogP contribution < -0.4 is 5.73 Å². The van der Waals surface area contributed by atoms with Crippen LogP contribution in [-0.4, -0.2) is 24.0 Å². The molecule has 3 heteroatoms. The van der Waals surface area contributed by atoms with E-state index in [0.29, 0.717) is 0 Å². The highest BCUT2D eigenvalue weighted by atomic mass is 19.1. The highest BCUT2D eigenvalue weighted by Crippen LogP contribution is 2.41. The van der Waals surface area contributed by atoms with E-state index < -0.39 is 0 Å². The maximum absolute atomic E-state index is 13.4. The number of benzene rings is 1. The van der Waals surface area contributed by atoms with Gasteiger partial charge in [-0.1, -0.05) is 18.6 Å². The van der Waals surface area contributed by atoms with Gasteiger partial charge in [0.1, 0.15) is 5.82 Å². The van der Waals surface area contributed by atoms with E-state index in [1.165, 1.54) is 25.3 Å². The zero-order valence-electron chi connectivity index (χ0n) is 11.6. The quantitative estimate of drug-likeness (QED) is 0.907. The Morgan fingerprint density at radius 1 is 1.26 bits per heavy atom. The van der Waals surface area contributed by atoms with Gasteiger partial charge in [-0.3, -0.25) is 4.90 Å². The molecule has 1 saturated carbocycles. The SMILES string of the molecule is CC(N)C(c1cccc(F)c1)N1CC2CCCC2C1. The minimum absolute atomic E-state index is 0.0284. The van der Waals surface area contributed by atoms with E-state index in [1.54, 1.807) is 12.1 Å². The van der Waals surface area contributed by atoms with Crippen molar-refractivity contribution in [2.75, 3.05) is 13.1 Å². The number of hydrogen-bond acceptors (Lipinski definition) is 2. The molecular formula is C16H23FN2. The molecule has 1 saturated heterocycles. The second kappa shape index (κ2) is 5.22. The summed E-state index contributed by atoms with van der Waals surface area (Å²) in [4.78, 5) is 2.48. The standard InChI is InChI=1S/C16H23FN2/c1-11(18)16(12-4-3-7-15(17)8-12)19-9-13-5-2-6-14(13)10-19/h3-4,7-8,11,13-14,16H,2,5-6,9-10,18H2,1H3. The van der Waals surface area contributed by atoms with Crippen molar-refractivity contribution < 1.29 is 4.39 Å². The Kier molecular flexibility index (Phi) is 3.59. The molecule has 1 aromatic rings. The van der Waals surface area contributed by atoms with Crippen LogP contribution in [0.3, 0.4) is 0 Å². The fraction of sp³-hybridized carbons (Fsp3) is 0.625. The molecule has 0 amide bonds. The summed E-state index contributed by atoms with van der Waals surface area (Å²) in [6.45, 7) is 4.30. The summed E-state index contributed by atoms with van der Waals surface area (Å²) in [5, 5.41) is 0. The number of halogens is 1. The second-order valence-corrected chi connectivity index (χ2v) is 6.26. The van der Waals surface area contributed by atoms with Crippen LogP contribution in [0.25, 0.3) is 0 Å². The Morgan fingerprint density at radius 2 is 1.95 bits per heavy atom. The summed E-state index contributed by atoms with van der Waals surface area (Å²) in [6.07, 6.45) is 4.10. The number of nitrogens with two attached hydrogens (primary N) is 1. The van der Waals surface area contributed by atoms with E-state index >= 15 is 0 Å². The lowest BCUT2D eigenvalue weighted by Gasteiger charge is -2.32. The van der Waals surface area contributed by atoms with Gasteiger partial charge in [-0.15, -0.1) is 0 Å². The lowest BCUT2D eigenvalue weighted by molar-refractivity contribution is 0.202. The van der Waals surface area contributed by atoms with Gasteiger partial charge in [-0.05, 0) is 49.3 Å². The Balaban J connectivity index is 1.82. The zero-order chi connectivity index (χ0) is 13.4. The topological polar surface area (TPSA) is 29.3 Å². The van der Waals surface area contributed by atoms with Crippen molar-refractivity contribution in [3.63, 3.8) is 0 Å². The van der Waals surface area contributed by atoms with Gasteiger partial charge in [-0.2, -0.15) is 0 Å². The first-order valence-electron chi connectivity index (χ1n) is 7.40. The van der Waals surface area contributed by atoms with E-state index in [4.69, 9.17) is 5.73 Å². The van der Waals surface area contributed by atoms with Crippen LogP contribution >= 0.6 is 0 Å². The molecule has 4 unspecified atom stereocenters. The van der Waals surface area contributed by atoms with Gasteiger partial charge in [0.25, 0.3) is 0 Å². The molecule has 1 aromatic carbocycles. The average molecular weight is 262 g/mol. The smallest absolute Gasteiger partial charge is 0.123 e. The molecule has 19 heavy (non-hydrogen) atoms. The Hall–Kier alpha value is -0.930. The molecule has 1 aliphatic heterocycles. The fourth-order valence-corrected chi connectivity index (χ4v) is 4.04. The predicted octanol–water partition coefficient (Wildman–Crippen LogP) is 2.95. The summed E-state index contributed by atoms with van der Waals surface area (Å²) < 4.78 is 13.4. The van der Waals surface area contributed by atoms with Gasteiger partial charge >= 0.3 is 0 Å². The maximum Gasteiger partial charge on any atom is 0.123 e. The molecule has 0 aromatic heterocycles. The molecule has 104 valence electrons. The van der Waals surface area contributed by atoms with Gasteiger partial charge in [0.05, 0.1) is 0 Å². The van der Waals surface area contributed by atoms with Crippen molar-refractivity contribution in [3.8, 4) is 0 Å². The van der Waals surface area contributed by atoms with Crippen LogP contribution in [0.15, 0.2) is 24.3 Å². The minimum atomic E-state index is -0.164. The average Bonchev–Trinajstić information content (AvgIpc) is 2.89. The number of hydrogen-bond donors (Lipinski definition) is 1. The number of fused-ring (bicyclic) bond motifs is 1. The number of nitrogens with zero attached hydrogens (tertiary/aromatic N) is 1. The molecule has 0 radical (unpaired) electrons. The Bertz CT molecular complexity index is 434. The van der Waals surface area contributed by atoms with Crippen LogP contribution in [0.1, 0.15) is 37.8 Å². The summed E-state index contributed by atoms with van der Waals surface area (Å²) in [7, 11) is 0. The molecular weight excluding hydrogens is 239 g/mol. The molecule has 3 rings (SSSR count). The molecule has 1 heterocycles. The molecule has 0 bridgehead atoms.